The minimum absolute atomic E-state index is 0.237. The van der Waals surface area contributed by atoms with Crippen molar-refractivity contribution < 1.29 is 5.11 Å². The number of nitrogens with zero attached hydrogens (tertiary/aromatic N) is 5. The summed E-state index contributed by atoms with van der Waals surface area (Å²) >= 11 is 0. The molecule has 8 nitrogen and oxygen atoms in total. The lowest BCUT2D eigenvalue weighted by Gasteiger charge is -2.19. The molecule has 2 aromatic heterocycles. The van der Waals surface area contributed by atoms with Gasteiger partial charge in [-0.15, -0.1) is 0 Å². The van der Waals surface area contributed by atoms with Crippen molar-refractivity contribution in [2.45, 2.75) is 92.0 Å². The standard InChI is InChI=1S/C24H39N5O3/c1-6-14-26(15-7-2)17-10-12-24(5,32)13-11-18-29-22(30)20-21(28(9-4)23(29)31)25-19-27(20)16-8-3/h19,32H,6-9,11,13-18H2,1-5H3. The van der Waals surface area contributed by atoms with E-state index in [1.165, 1.54) is 9.13 Å². The number of aliphatic hydroxyl groups is 1. The van der Waals surface area contributed by atoms with Crippen molar-refractivity contribution in [3.05, 3.63) is 27.2 Å². The van der Waals surface area contributed by atoms with Gasteiger partial charge >= 0.3 is 5.69 Å². The van der Waals surface area contributed by atoms with Crippen LogP contribution in [-0.4, -0.2) is 53.9 Å². The molecule has 0 aliphatic carbocycles. The second kappa shape index (κ2) is 12.0. The minimum Gasteiger partial charge on any atom is -0.378 e. The molecule has 0 aliphatic rings. The highest BCUT2D eigenvalue weighted by atomic mass is 16.3. The van der Waals surface area contributed by atoms with Gasteiger partial charge in [-0.2, -0.15) is 0 Å². The third kappa shape index (κ3) is 6.33. The summed E-state index contributed by atoms with van der Waals surface area (Å²) in [7, 11) is 0. The third-order valence-corrected chi connectivity index (χ3v) is 5.55. The Morgan fingerprint density at radius 3 is 2.34 bits per heavy atom. The van der Waals surface area contributed by atoms with Crippen molar-refractivity contribution in [3.8, 4) is 11.8 Å². The molecule has 2 aromatic rings. The molecule has 0 spiro atoms. The Morgan fingerprint density at radius 2 is 1.75 bits per heavy atom. The summed E-state index contributed by atoms with van der Waals surface area (Å²) < 4.78 is 4.63. The lowest BCUT2D eigenvalue weighted by Crippen LogP contribution is -2.40. The van der Waals surface area contributed by atoms with Crippen LogP contribution in [-0.2, 0) is 19.6 Å². The maximum absolute atomic E-state index is 13.1. The largest absolute Gasteiger partial charge is 0.378 e. The Balaban J connectivity index is 2.16. The molecule has 178 valence electrons. The summed E-state index contributed by atoms with van der Waals surface area (Å²) in [5, 5.41) is 10.7. The molecule has 32 heavy (non-hydrogen) atoms. The van der Waals surface area contributed by atoms with Crippen molar-refractivity contribution >= 4 is 11.2 Å². The van der Waals surface area contributed by atoms with Gasteiger partial charge in [0.25, 0.3) is 5.56 Å². The molecule has 0 radical (unpaired) electrons. The van der Waals surface area contributed by atoms with Gasteiger partial charge < -0.3 is 9.67 Å². The molecular weight excluding hydrogens is 406 g/mol. The molecule has 0 saturated heterocycles. The fourth-order valence-corrected chi connectivity index (χ4v) is 4.02. The molecule has 0 amide bonds. The SMILES string of the molecule is CCCN(CC#CC(C)(O)CCCn1c(=O)c2c(ncn2CCC)n(CC)c1=O)CCC. The van der Waals surface area contributed by atoms with Crippen LogP contribution < -0.4 is 11.2 Å². The number of hydrogen-bond donors (Lipinski definition) is 1. The van der Waals surface area contributed by atoms with Crippen LogP contribution >= 0.6 is 0 Å². The molecule has 1 N–H and O–H groups in total. The third-order valence-electron chi connectivity index (χ3n) is 5.55. The van der Waals surface area contributed by atoms with Crippen molar-refractivity contribution in [2.75, 3.05) is 19.6 Å². The van der Waals surface area contributed by atoms with Crippen LogP contribution in [0.4, 0.5) is 0 Å². The zero-order valence-corrected chi connectivity index (χ0v) is 20.4. The first kappa shape index (κ1) is 25.9. The molecule has 0 bridgehead atoms. The smallest absolute Gasteiger partial charge is 0.332 e. The van der Waals surface area contributed by atoms with Crippen LogP contribution in [0.25, 0.3) is 11.2 Å². The first-order valence-corrected chi connectivity index (χ1v) is 11.9. The predicted octanol–water partition coefficient (Wildman–Crippen LogP) is 2.45. The molecule has 2 rings (SSSR count). The van der Waals surface area contributed by atoms with Gasteiger partial charge in [-0.05, 0) is 59.0 Å². The van der Waals surface area contributed by atoms with Crippen LogP contribution in [0.15, 0.2) is 15.9 Å². The number of aromatic nitrogens is 4. The summed E-state index contributed by atoms with van der Waals surface area (Å²) in [5.74, 6) is 6.08. The lowest BCUT2D eigenvalue weighted by molar-refractivity contribution is 0.108. The van der Waals surface area contributed by atoms with Gasteiger partial charge in [0.1, 0.15) is 5.60 Å². The number of imidazole rings is 1. The minimum atomic E-state index is -1.16. The van der Waals surface area contributed by atoms with Crippen molar-refractivity contribution in [2.24, 2.45) is 0 Å². The molecule has 0 aliphatic heterocycles. The van der Waals surface area contributed by atoms with E-state index in [-0.39, 0.29) is 17.8 Å². The van der Waals surface area contributed by atoms with E-state index < -0.39 is 5.60 Å². The van der Waals surface area contributed by atoms with E-state index in [0.717, 1.165) is 32.4 Å². The van der Waals surface area contributed by atoms with Crippen molar-refractivity contribution in [3.63, 3.8) is 0 Å². The molecule has 0 fully saturated rings. The Hall–Kier alpha value is -2.37. The second-order valence-corrected chi connectivity index (χ2v) is 8.55. The normalized spacial score (nSPS) is 13.3. The first-order chi connectivity index (χ1) is 15.3. The summed E-state index contributed by atoms with van der Waals surface area (Å²) in [4.78, 5) is 32.6. The monoisotopic (exact) mass is 445 g/mol. The quantitative estimate of drug-likeness (QED) is 0.507. The number of aryl methyl sites for hydroxylation is 2. The zero-order chi connectivity index (χ0) is 23.7. The lowest BCUT2D eigenvalue weighted by atomic mass is 10.0. The van der Waals surface area contributed by atoms with E-state index in [1.807, 2.05) is 18.4 Å². The Morgan fingerprint density at radius 1 is 1.06 bits per heavy atom. The maximum Gasteiger partial charge on any atom is 0.332 e. The summed E-state index contributed by atoms with van der Waals surface area (Å²) in [5.41, 5.74) is -0.931. The highest BCUT2D eigenvalue weighted by Gasteiger charge is 2.20. The molecular formula is C24H39N5O3. The molecule has 0 saturated carbocycles. The zero-order valence-electron chi connectivity index (χ0n) is 20.4. The van der Waals surface area contributed by atoms with Gasteiger partial charge in [-0.25, -0.2) is 9.78 Å². The van der Waals surface area contributed by atoms with Crippen LogP contribution in [0.3, 0.4) is 0 Å². The average Bonchev–Trinajstić information content (AvgIpc) is 3.15. The fraction of sp³-hybridized carbons (Fsp3) is 0.708. The summed E-state index contributed by atoms with van der Waals surface area (Å²) in [6.45, 7) is 13.9. The van der Waals surface area contributed by atoms with Crippen LogP contribution in [0, 0.1) is 11.8 Å². The number of rotatable bonds is 12. The molecule has 1 atom stereocenters. The number of hydrogen-bond acceptors (Lipinski definition) is 5. The van der Waals surface area contributed by atoms with Crippen molar-refractivity contribution in [1.82, 2.24) is 23.6 Å². The van der Waals surface area contributed by atoms with Crippen molar-refractivity contribution in [1.29, 1.82) is 0 Å². The first-order valence-electron chi connectivity index (χ1n) is 11.9. The highest BCUT2D eigenvalue weighted by Crippen LogP contribution is 2.12. The molecule has 8 heteroatoms. The molecule has 2 heterocycles. The second-order valence-electron chi connectivity index (χ2n) is 8.55. The summed E-state index contributed by atoms with van der Waals surface area (Å²) in [6.07, 6.45) is 5.50. The fourth-order valence-electron chi connectivity index (χ4n) is 4.02. The van der Waals surface area contributed by atoms with E-state index in [1.54, 1.807) is 13.3 Å². The van der Waals surface area contributed by atoms with Crippen LogP contribution in [0.1, 0.15) is 66.7 Å². The Labute approximate surface area is 190 Å². The van der Waals surface area contributed by atoms with E-state index in [0.29, 0.717) is 43.6 Å². The van der Waals surface area contributed by atoms with E-state index in [9.17, 15) is 14.7 Å². The topological polar surface area (TPSA) is 85.3 Å². The molecule has 0 aromatic carbocycles. The highest BCUT2D eigenvalue weighted by molar-refractivity contribution is 5.70. The van der Waals surface area contributed by atoms with E-state index >= 15 is 0 Å². The maximum atomic E-state index is 13.1. The number of fused-ring (bicyclic) bond motifs is 1. The Bertz CT molecular complexity index is 1050. The van der Waals surface area contributed by atoms with Crippen LogP contribution in [0.2, 0.25) is 0 Å². The average molecular weight is 446 g/mol. The van der Waals surface area contributed by atoms with Gasteiger partial charge in [-0.3, -0.25) is 18.8 Å². The van der Waals surface area contributed by atoms with Crippen LogP contribution in [0.5, 0.6) is 0 Å². The van der Waals surface area contributed by atoms with E-state index in [4.69, 9.17) is 0 Å². The molecule has 1 unspecified atom stereocenters. The summed E-state index contributed by atoms with van der Waals surface area (Å²) in [6, 6.07) is 0. The van der Waals surface area contributed by atoms with Gasteiger partial charge in [0.15, 0.2) is 11.2 Å². The van der Waals surface area contributed by atoms with Gasteiger partial charge in [0.2, 0.25) is 0 Å². The van der Waals surface area contributed by atoms with Gasteiger partial charge in [-0.1, -0.05) is 32.6 Å². The van der Waals surface area contributed by atoms with E-state index in [2.05, 4.69) is 35.6 Å². The Kier molecular flexibility index (Phi) is 9.73. The van der Waals surface area contributed by atoms with Gasteiger partial charge in [0.05, 0.1) is 12.9 Å². The van der Waals surface area contributed by atoms with Gasteiger partial charge in [0, 0.05) is 19.6 Å². The predicted molar refractivity (Wildman–Crippen MR) is 129 cm³/mol.